The van der Waals surface area contributed by atoms with Crippen LogP contribution in [0, 0.1) is 11.7 Å². The second kappa shape index (κ2) is 5.75. The number of benzene rings is 1. The van der Waals surface area contributed by atoms with Gasteiger partial charge in [-0.05, 0) is 37.0 Å². The summed E-state index contributed by atoms with van der Waals surface area (Å²) in [4.78, 5) is -0.108. The lowest BCUT2D eigenvalue weighted by Gasteiger charge is -2.29. The van der Waals surface area contributed by atoms with Gasteiger partial charge in [0.25, 0.3) is 0 Å². The van der Waals surface area contributed by atoms with E-state index in [-0.39, 0.29) is 15.4 Å². The van der Waals surface area contributed by atoms with Crippen LogP contribution in [0.2, 0.25) is 0 Å². The molecule has 1 heterocycles. The number of hydrogen-bond donors (Lipinski definition) is 1. The molecule has 1 aliphatic rings. The molecule has 0 spiro atoms. The number of rotatable bonds is 3. The van der Waals surface area contributed by atoms with E-state index < -0.39 is 15.8 Å². The van der Waals surface area contributed by atoms with Crippen LogP contribution in [0.15, 0.2) is 23.1 Å². The van der Waals surface area contributed by atoms with Gasteiger partial charge >= 0.3 is 0 Å². The van der Waals surface area contributed by atoms with Crippen LogP contribution in [0.3, 0.4) is 0 Å². The predicted octanol–water partition coefficient (Wildman–Crippen LogP) is 1.88. The summed E-state index contributed by atoms with van der Waals surface area (Å²) in [6, 6.07) is 3.56. The third kappa shape index (κ3) is 2.99. The van der Waals surface area contributed by atoms with Crippen molar-refractivity contribution in [2.45, 2.75) is 24.7 Å². The van der Waals surface area contributed by atoms with Gasteiger partial charge in [-0.1, -0.05) is 19.1 Å². The lowest BCUT2D eigenvalue weighted by atomic mass is 10.0. The zero-order valence-corrected chi connectivity index (χ0v) is 12.8. The largest absolute Gasteiger partial charge is 0.389 e. The molecule has 2 rings (SSSR count). The molecule has 0 bridgehead atoms. The van der Waals surface area contributed by atoms with Crippen LogP contribution in [0.25, 0.3) is 0 Å². The predicted molar refractivity (Wildman–Crippen MR) is 79.4 cm³/mol. The normalized spacial score (nSPS) is 18.1. The van der Waals surface area contributed by atoms with Crippen LogP contribution in [-0.4, -0.2) is 30.8 Å². The van der Waals surface area contributed by atoms with E-state index in [1.165, 1.54) is 16.4 Å². The lowest BCUT2D eigenvalue weighted by molar-refractivity contribution is 0.288. The highest BCUT2D eigenvalue weighted by atomic mass is 32.2. The molecule has 0 unspecified atom stereocenters. The average Bonchev–Trinajstić information content (AvgIpc) is 2.39. The molecule has 0 saturated carbocycles. The number of thiocarbonyl (C=S) groups is 1. The minimum absolute atomic E-state index is 0.0357. The maximum atomic E-state index is 13.5. The molecule has 0 aliphatic carbocycles. The Morgan fingerprint density at radius 3 is 2.55 bits per heavy atom. The topological polar surface area (TPSA) is 63.4 Å². The Hall–Kier alpha value is -1.05. The standard InChI is InChI=1S/C13H17FN2O2S2/c1-9-4-6-16(7-5-9)20(17,18)10-2-3-12(14)11(8-10)13(15)19/h2-3,8-9H,4-7H2,1H3,(H2,15,19). The molecule has 7 heteroatoms. The molecule has 0 radical (unpaired) electrons. The molecule has 110 valence electrons. The summed E-state index contributed by atoms with van der Waals surface area (Å²) in [7, 11) is -3.61. The van der Waals surface area contributed by atoms with Gasteiger partial charge in [0.05, 0.1) is 4.90 Å². The highest BCUT2D eigenvalue weighted by molar-refractivity contribution is 7.89. The first-order valence-electron chi connectivity index (χ1n) is 6.42. The zero-order chi connectivity index (χ0) is 14.9. The fourth-order valence-electron chi connectivity index (χ4n) is 2.23. The Morgan fingerprint density at radius 1 is 1.40 bits per heavy atom. The summed E-state index contributed by atoms with van der Waals surface area (Å²) in [6.07, 6.45) is 1.67. The molecule has 4 nitrogen and oxygen atoms in total. The van der Waals surface area contributed by atoms with Crippen LogP contribution in [0.5, 0.6) is 0 Å². The first-order valence-corrected chi connectivity index (χ1v) is 8.26. The lowest BCUT2D eigenvalue weighted by Crippen LogP contribution is -2.38. The maximum absolute atomic E-state index is 13.5. The molecule has 2 N–H and O–H groups in total. The molecular formula is C13H17FN2O2S2. The van der Waals surface area contributed by atoms with E-state index in [2.05, 4.69) is 6.92 Å². The number of nitrogens with zero attached hydrogens (tertiary/aromatic N) is 1. The van der Waals surface area contributed by atoms with E-state index in [9.17, 15) is 12.8 Å². The minimum atomic E-state index is -3.61. The number of hydrogen-bond acceptors (Lipinski definition) is 3. The first-order chi connectivity index (χ1) is 9.32. The summed E-state index contributed by atoms with van der Waals surface area (Å²) in [5, 5.41) is 0. The van der Waals surface area contributed by atoms with E-state index in [0.717, 1.165) is 18.9 Å². The molecule has 0 amide bonds. The van der Waals surface area contributed by atoms with Crippen molar-refractivity contribution < 1.29 is 12.8 Å². The van der Waals surface area contributed by atoms with Crippen LogP contribution in [-0.2, 0) is 10.0 Å². The molecule has 1 fully saturated rings. The van der Waals surface area contributed by atoms with E-state index >= 15 is 0 Å². The molecule has 0 aromatic heterocycles. The number of sulfonamides is 1. The van der Waals surface area contributed by atoms with Crippen molar-refractivity contribution >= 4 is 27.2 Å². The van der Waals surface area contributed by atoms with E-state index in [4.69, 9.17) is 18.0 Å². The van der Waals surface area contributed by atoms with E-state index in [1.54, 1.807) is 0 Å². The summed E-state index contributed by atoms with van der Waals surface area (Å²) in [5.41, 5.74) is 5.37. The summed E-state index contributed by atoms with van der Waals surface area (Å²) in [6.45, 7) is 3.08. The maximum Gasteiger partial charge on any atom is 0.243 e. The van der Waals surface area contributed by atoms with Crippen molar-refractivity contribution in [3.63, 3.8) is 0 Å². The monoisotopic (exact) mass is 316 g/mol. The van der Waals surface area contributed by atoms with Gasteiger partial charge < -0.3 is 5.73 Å². The molecule has 1 aliphatic heterocycles. The minimum Gasteiger partial charge on any atom is -0.389 e. The number of nitrogens with two attached hydrogens (primary N) is 1. The Morgan fingerprint density at radius 2 is 2.00 bits per heavy atom. The fraction of sp³-hybridized carbons (Fsp3) is 0.462. The third-order valence-corrected chi connectivity index (χ3v) is 5.70. The van der Waals surface area contributed by atoms with Gasteiger partial charge in [-0.15, -0.1) is 0 Å². The second-order valence-corrected chi connectivity index (χ2v) is 7.47. The van der Waals surface area contributed by atoms with E-state index in [1.807, 2.05) is 0 Å². The smallest absolute Gasteiger partial charge is 0.243 e. The summed E-state index contributed by atoms with van der Waals surface area (Å²) in [5.74, 6) is -0.0782. The average molecular weight is 316 g/mol. The molecule has 1 aromatic rings. The molecule has 20 heavy (non-hydrogen) atoms. The van der Waals surface area contributed by atoms with Crippen molar-refractivity contribution in [1.82, 2.24) is 4.31 Å². The van der Waals surface area contributed by atoms with Crippen molar-refractivity contribution in [1.29, 1.82) is 0 Å². The van der Waals surface area contributed by atoms with Crippen molar-refractivity contribution in [2.24, 2.45) is 11.7 Å². The van der Waals surface area contributed by atoms with Gasteiger partial charge in [0.2, 0.25) is 10.0 Å². The first kappa shape index (κ1) is 15.3. The second-order valence-electron chi connectivity index (χ2n) is 5.09. The SMILES string of the molecule is CC1CCN(S(=O)(=O)c2ccc(F)c(C(N)=S)c2)CC1. The molecule has 1 saturated heterocycles. The Labute approximate surface area is 123 Å². The summed E-state index contributed by atoms with van der Waals surface area (Å²) < 4.78 is 40.0. The highest BCUT2D eigenvalue weighted by Gasteiger charge is 2.28. The van der Waals surface area contributed by atoms with Gasteiger partial charge in [-0.3, -0.25) is 0 Å². The van der Waals surface area contributed by atoms with E-state index in [0.29, 0.717) is 19.0 Å². The number of piperidine rings is 1. The van der Waals surface area contributed by atoms with Gasteiger partial charge in [-0.2, -0.15) is 4.31 Å². The third-order valence-electron chi connectivity index (χ3n) is 3.58. The van der Waals surface area contributed by atoms with Crippen LogP contribution in [0.4, 0.5) is 4.39 Å². The Bertz CT molecular complexity index is 623. The van der Waals surface area contributed by atoms with Gasteiger partial charge in [0.1, 0.15) is 10.8 Å². The van der Waals surface area contributed by atoms with Crippen LogP contribution >= 0.6 is 12.2 Å². The van der Waals surface area contributed by atoms with Crippen LogP contribution in [0.1, 0.15) is 25.3 Å². The van der Waals surface area contributed by atoms with Crippen molar-refractivity contribution in [3.8, 4) is 0 Å². The van der Waals surface area contributed by atoms with Gasteiger partial charge in [0.15, 0.2) is 0 Å². The fourth-order valence-corrected chi connectivity index (χ4v) is 3.88. The van der Waals surface area contributed by atoms with Crippen molar-refractivity contribution in [3.05, 3.63) is 29.6 Å². The Balaban J connectivity index is 2.35. The molecule has 1 aromatic carbocycles. The number of halogens is 1. The van der Waals surface area contributed by atoms with Gasteiger partial charge in [0, 0.05) is 18.7 Å². The van der Waals surface area contributed by atoms with Crippen molar-refractivity contribution in [2.75, 3.05) is 13.1 Å². The highest BCUT2D eigenvalue weighted by Crippen LogP contribution is 2.24. The summed E-state index contributed by atoms with van der Waals surface area (Å²) >= 11 is 4.73. The quantitative estimate of drug-likeness (QED) is 0.865. The Kier molecular flexibility index (Phi) is 4.41. The van der Waals surface area contributed by atoms with Gasteiger partial charge in [-0.25, -0.2) is 12.8 Å². The zero-order valence-electron chi connectivity index (χ0n) is 11.2. The van der Waals surface area contributed by atoms with Crippen LogP contribution < -0.4 is 5.73 Å². The molecular weight excluding hydrogens is 299 g/mol. The molecule has 0 atom stereocenters.